The quantitative estimate of drug-likeness (QED) is 0.415. The van der Waals surface area contributed by atoms with Gasteiger partial charge in [-0.05, 0) is 41.0 Å². The molecular formula is C26H54K2N2O2-2. The summed E-state index contributed by atoms with van der Waals surface area (Å²) in [4.78, 5) is 25.6. The van der Waals surface area contributed by atoms with E-state index in [0.29, 0.717) is 0 Å². The van der Waals surface area contributed by atoms with E-state index in [4.69, 9.17) is 0 Å². The first kappa shape index (κ1) is 54.6. The zero-order chi connectivity index (χ0) is 25.7. The Kier molecular flexibility index (Phi) is 85.0. The number of hydrogen-bond acceptors (Lipinski definition) is 4. The Morgan fingerprint density at radius 3 is 0.875 bits per heavy atom. The summed E-state index contributed by atoms with van der Waals surface area (Å²) in [6, 6.07) is 1.99. The molecule has 0 N–H and O–H groups in total. The first-order chi connectivity index (χ1) is 14.4. The zero-order valence-electron chi connectivity index (χ0n) is 24.5. The summed E-state index contributed by atoms with van der Waals surface area (Å²) in [5.74, 6) is 0.463. The summed E-state index contributed by atoms with van der Waals surface area (Å²) in [6.07, 6.45) is 4.24. The van der Waals surface area contributed by atoms with Gasteiger partial charge in [0.25, 0.3) is 0 Å². The molecule has 2 heterocycles. The molecule has 0 radical (unpaired) electrons. The van der Waals surface area contributed by atoms with Crippen LogP contribution in [0.1, 0.15) is 94.9 Å². The van der Waals surface area contributed by atoms with Crippen LogP contribution in [-0.4, -0.2) is 48.6 Å². The number of Topliss-reactive ketones (excluding diaryl/α,β-unsaturated/α-hetero) is 2. The van der Waals surface area contributed by atoms with E-state index in [1.807, 2.05) is 79.3 Å². The molecule has 0 atom stereocenters. The number of likely N-dealkylation sites (N-methyl/N-ethyl adjacent to an activating group) is 2. The van der Waals surface area contributed by atoms with Gasteiger partial charge in [-0.3, -0.25) is 13.2 Å². The van der Waals surface area contributed by atoms with Crippen LogP contribution < -0.4 is 103 Å². The third kappa shape index (κ3) is 33.9. The van der Waals surface area contributed by atoms with Crippen molar-refractivity contribution >= 4 is 11.6 Å². The normalized spacial score (nSPS) is 12.8. The molecule has 2 aliphatic heterocycles. The summed E-state index contributed by atoms with van der Waals surface area (Å²) in [7, 11) is 3.95. The molecule has 2 saturated heterocycles. The molecule has 0 aromatic carbocycles. The van der Waals surface area contributed by atoms with E-state index >= 15 is 0 Å². The predicted molar refractivity (Wildman–Crippen MR) is 137 cm³/mol. The number of nitrogens with zero attached hydrogens (tertiary/aromatic N) is 2. The summed E-state index contributed by atoms with van der Waals surface area (Å²) in [6.45, 7) is 35.4. The van der Waals surface area contributed by atoms with Crippen LogP contribution in [0.25, 0.3) is 0 Å². The van der Waals surface area contributed by atoms with Crippen molar-refractivity contribution in [2.45, 2.75) is 94.9 Å². The second-order valence-electron chi connectivity index (χ2n) is 5.06. The van der Waals surface area contributed by atoms with Crippen LogP contribution >= 0.6 is 0 Å². The molecular weight excluding hydrogens is 450 g/mol. The Labute approximate surface area is 289 Å². The molecule has 6 heteroatoms. The molecule has 0 saturated carbocycles. The fraction of sp³-hybridized carbons (Fsp3) is 0.692. The Morgan fingerprint density at radius 2 is 0.812 bits per heavy atom. The molecule has 0 spiro atoms. The van der Waals surface area contributed by atoms with Crippen LogP contribution in [0.2, 0.25) is 0 Å². The van der Waals surface area contributed by atoms with Gasteiger partial charge in [-0.25, -0.2) is 12.1 Å². The number of likely N-dealkylation sites (tertiary alicyclic amines) is 2. The average molecular weight is 505 g/mol. The number of carbonyl (C=O) groups is 2. The van der Waals surface area contributed by atoms with Crippen molar-refractivity contribution < 1.29 is 112 Å². The van der Waals surface area contributed by atoms with Crippen molar-refractivity contribution in [3.05, 3.63) is 38.4 Å². The van der Waals surface area contributed by atoms with E-state index in [1.54, 1.807) is 13.8 Å². The summed E-state index contributed by atoms with van der Waals surface area (Å²) >= 11 is 0. The Bertz CT molecular complexity index is 312. The van der Waals surface area contributed by atoms with Crippen LogP contribution in [0, 0.1) is 25.2 Å². The minimum atomic E-state index is 0. The third-order valence-corrected chi connectivity index (χ3v) is 3.55. The topological polar surface area (TPSA) is 40.6 Å². The Balaban J connectivity index is -0.0000000393. The second kappa shape index (κ2) is 49.8. The van der Waals surface area contributed by atoms with Crippen molar-refractivity contribution in [2.24, 2.45) is 0 Å². The van der Waals surface area contributed by atoms with Crippen molar-refractivity contribution in [3.8, 4) is 0 Å². The number of rotatable bonds is 2. The van der Waals surface area contributed by atoms with Gasteiger partial charge in [0.2, 0.25) is 0 Å². The van der Waals surface area contributed by atoms with E-state index in [0.717, 1.165) is 50.9 Å². The van der Waals surface area contributed by atoms with E-state index in [9.17, 15) is 9.59 Å². The molecule has 2 aliphatic rings. The van der Waals surface area contributed by atoms with Gasteiger partial charge >= 0.3 is 103 Å². The van der Waals surface area contributed by atoms with E-state index in [2.05, 4.69) is 26.3 Å². The molecule has 0 bridgehead atoms. The van der Waals surface area contributed by atoms with Gasteiger partial charge < -0.3 is 32.5 Å². The van der Waals surface area contributed by atoms with Crippen molar-refractivity contribution in [2.75, 3.05) is 27.2 Å². The van der Waals surface area contributed by atoms with Crippen LogP contribution in [0.4, 0.5) is 0 Å². The number of carbonyl (C=O) groups excluding carboxylic acids is 2. The average Bonchev–Trinajstić information content (AvgIpc) is 3.45. The molecule has 0 aromatic rings. The summed E-state index contributed by atoms with van der Waals surface area (Å²) < 4.78 is 0. The maximum atomic E-state index is 10.8. The zero-order valence-corrected chi connectivity index (χ0v) is 30.8. The van der Waals surface area contributed by atoms with Crippen molar-refractivity contribution in [3.63, 3.8) is 0 Å². The van der Waals surface area contributed by atoms with Gasteiger partial charge in [-0.15, -0.1) is 12.8 Å². The molecule has 0 aromatic heterocycles. The fourth-order valence-electron chi connectivity index (χ4n) is 2.51. The smallest absolute Gasteiger partial charge is 0.521 e. The number of hydrogen-bond donors (Lipinski definition) is 0. The Morgan fingerprint density at radius 1 is 0.625 bits per heavy atom. The predicted octanol–water partition coefficient (Wildman–Crippen LogP) is 0.990. The standard InChI is InChI=1S/2C7H12NO.4C2H6.2C2H3.2K/c2*1-6(9)7-4-3-5-8(7)2;6*1-2;;/h2*3-5H2,1-2H3;4*1-2H3;2*1H,2H2;;/q2*-1;;;;;2*-1;2*+1. The molecule has 2 fully saturated rings. The number of ketones is 2. The van der Waals surface area contributed by atoms with Gasteiger partial charge in [0, 0.05) is 11.6 Å². The first-order valence-electron chi connectivity index (χ1n) is 11.4. The third-order valence-electron chi connectivity index (χ3n) is 3.55. The molecule has 0 unspecified atom stereocenters. The molecule has 4 nitrogen and oxygen atoms in total. The van der Waals surface area contributed by atoms with Crippen molar-refractivity contribution in [1.29, 1.82) is 0 Å². The van der Waals surface area contributed by atoms with Gasteiger partial charge in [0.1, 0.15) is 0 Å². The van der Waals surface area contributed by atoms with Crippen LogP contribution in [-0.2, 0) is 9.59 Å². The maximum Gasteiger partial charge on any atom is 1.00 e. The van der Waals surface area contributed by atoms with E-state index in [1.165, 1.54) is 0 Å². The second-order valence-corrected chi connectivity index (χ2v) is 5.06. The summed E-state index contributed by atoms with van der Waals surface area (Å²) in [5, 5.41) is 0. The molecule has 184 valence electrons. The minimum Gasteiger partial charge on any atom is -0.521 e. The van der Waals surface area contributed by atoms with Crippen molar-refractivity contribution in [1.82, 2.24) is 9.80 Å². The van der Waals surface area contributed by atoms with Gasteiger partial charge in [-0.1, -0.05) is 68.2 Å². The van der Waals surface area contributed by atoms with Crippen LogP contribution in [0.3, 0.4) is 0 Å². The van der Waals surface area contributed by atoms with E-state index in [-0.39, 0.29) is 114 Å². The molecule has 2 rings (SSSR count). The summed E-state index contributed by atoms with van der Waals surface area (Å²) in [5.41, 5.74) is 0. The van der Waals surface area contributed by atoms with Gasteiger partial charge in [-0.2, -0.15) is 0 Å². The first-order valence-corrected chi connectivity index (χ1v) is 11.4. The monoisotopic (exact) mass is 504 g/mol. The Hall–Kier alpha value is 1.75. The molecule has 32 heavy (non-hydrogen) atoms. The molecule has 0 aliphatic carbocycles. The molecule has 0 amide bonds. The fourth-order valence-corrected chi connectivity index (χ4v) is 2.51. The van der Waals surface area contributed by atoms with E-state index < -0.39 is 0 Å². The van der Waals surface area contributed by atoms with Crippen LogP contribution in [0.15, 0.2) is 13.2 Å². The van der Waals surface area contributed by atoms with Gasteiger partial charge in [0.15, 0.2) is 0 Å². The largest absolute Gasteiger partial charge is 1.00 e. The maximum absolute atomic E-state index is 10.8. The minimum absolute atomic E-state index is 0. The van der Waals surface area contributed by atoms with Gasteiger partial charge in [0.05, 0.1) is 0 Å². The van der Waals surface area contributed by atoms with Crippen LogP contribution in [0.5, 0.6) is 0 Å². The SMILES string of the molecule is CC.CC.CC.CC.CC(=O)[C-]1CCCN1C.CC(=O)[C-]1CCCN1C.[CH-]=C.[CH-]=C.[K+].[K+].